The van der Waals surface area contributed by atoms with Crippen LogP contribution in [0, 0.1) is 5.92 Å². The third kappa shape index (κ3) is 2.68. The average molecular weight is 182 g/mol. The lowest BCUT2D eigenvalue weighted by Gasteiger charge is -2.32. The summed E-state index contributed by atoms with van der Waals surface area (Å²) in [6.07, 6.45) is 7.09. The van der Waals surface area contributed by atoms with Crippen molar-refractivity contribution in [2.24, 2.45) is 5.92 Å². The predicted molar refractivity (Wildman–Crippen MR) is 55.9 cm³/mol. The third-order valence-corrected chi connectivity index (χ3v) is 3.64. The van der Waals surface area contributed by atoms with E-state index in [1.807, 2.05) is 0 Å². The molecule has 1 saturated carbocycles. The fourth-order valence-electron chi connectivity index (χ4n) is 2.21. The van der Waals surface area contributed by atoms with Crippen LogP contribution in [0.5, 0.6) is 0 Å². The summed E-state index contributed by atoms with van der Waals surface area (Å²) in [5, 5.41) is 3.69. The van der Waals surface area contributed by atoms with Gasteiger partial charge in [-0.15, -0.1) is 0 Å². The van der Waals surface area contributed by atoms with Gasteiger partial charge < -0.3 is 10.2 Å². The molecule has 2 rings (SSSR count). The molecule has 0 radical (unpaired) electrons. The molecule has 0 atom stereocenters. The molecule has 1 aliphatic heterocycles. The van der Waals surface area contributed by atoms with Gasteiger partial charge in [-0.05, 0) is 58.3 Å². The molecule has 1 heterocycles. The predicted octanol–water partition coefficient (Wildman–Crippen LogP) is 1.47. The molecule has 2 nitrogen and oxygen atoms in total. The van der Waals surface area contributed by atoms with Gasteiger partial charge >= 0.3 is 0 Å². The maximum atomic E-state index is 3.69. The van der Waals surface area contributed by atoms with Crippen molar-refractivity contribution in [1.82, 2.24) is 10.2 Å². The molecule has 2 fully saturated rings. The van der Waals surface area contributed by atoms with Crippen molar-refractivity contribution in [1.29, 1.82) is 0 Å². The Morgan fingerprint density at radius 1 is 1.15 bits per heavy atom. The normalized spacial score (nSPS) is 27.5. The summed E-state index contributed by atoms with van der Waals surface area (Å²) in [6.45, 7) is 3.88. The number of rotatable bonds is 3. The van der Waals surface area contributed by atoms with E-state index in [2.05, 4.69) is 17.3 Å². The highest BCUT2D eigenvalue weighted by molar-refractivity contribution is 4.79. The third-order valence-electron chi connectivity index (χ3n) is 3.64. The van der Waals surface area contributed by atoms with Gasteiger partial charge in [0.25, 0.3) is 0 Å². The first-order valence-electron chi connectivity index (χ1n) is 5.76. The van der Waals surface area contributed by atoms with E-state index in [1.54, 1.807) is 0 Å². The molecule has 0 amide bonds. The highest BCUT2D eigenvalue weighted by atomic mass is 15.1. The molecule has 0 aromatic carbocycles. The van der Waals surface area contributed by atoms with Crippen LogP contribution in [0.25, 0.3) is 0 Å². The average Bonchev–Trinajstić information content (AvgIpc) is 2.05. The maximum absolute atomic E-state index is 3.69. The molecule has 2 aliphatic rings. The van der Waals surface area contributed by atoms with E-state index in [0.29, 0.717) is 0 Å². The summed E-state index contributed by atoms with van der Waals surface area (Å²) in [4.78, 5) is 2.44. The second-order valence-electron chi connectivity index (χ2n) is 4.78. The SMILES string of the molecule is CN1CCC(CNC2CCC2)CC1. The number of nitrogens with zero attached hydrogens (tertiary/aromatic N) is 1. The number of nitrogens with one attached hydrogen (secondary N) is 1. The second kappa shape index (κ2) is 4.43. The van der Waals surface area contributed by atoms with Crippen molar-refractivity contribution < 1.29 is 0 Å². The molecule has 0 unspecified atom stereocenters. The van der Waals surface area contributed by atoms with Crippen molar-refractivity contribution in [3.05, 3.63) is 0 Å². The highest BCUT2D eigenvalue weighted by Gasteiger charge is 2.20. The fraction of sp³-hybridized carbons (Fsp3) is 1.00. The van der Waals surface area contributed by atoms with Crippen molar-refractivity contribution in [3.63, 3.8) is 0 Å². The molecular weight excluding hydrogens is 160 g/mol. The minimum absolute atomic E-state index is 0.875. The van der Waals surface area contributed by atoms with E-state index < -0.39 is 0 Å². The molecule has 0 aromatic rings. The summed E-state index contributed by atoms with van der Waals surface area (Å²) >= 11 is 0. The van der Waals surface area contributed by atoms with E-state index in [-0.39, 0.29) is 0 Å². The van der Waals surface area contributed by atoms with Crippen LogP contribution in [0.15, 0.2) is 0 Å². The van der Waals surface area contributed by atoms with Crippen molar-refractivity contribution in [2.75, 3.05) is 26.7 Å². The Bertz CT molecular complexity index is 146. The molecule has 1 saturated heterocycles. The summed E-state index contributed by atoms with van der Waals surface area (Å²) in [7, 11) is 2.23. The van der Waals surface area contributed by atoms with Gasteiger partial charge in [-0.25, -0.2) is 0 Å². The quantitative estimate of drug-likeness (QED) is 0.711. The molecule has 0 spiro atoms. The number of hydrogen-bond donors (Lipinski definition) is 1. The van der Waals surface area contributed by atoms with Crippen LogP contribution >= 0.6 is 0 Å². The number of piperidine rings is 1. The first-order chi connectivity index (χ1) is 6.34. The van der Waals surface area contributed by atoms with E-state index in [9.17, 15) is 0 Å². The first-order valence-corrected chi connectivity index (χ1v) is 5.76. The van der Waals surface area contributed by atoms with E-state index in [0.717, 1.165) is 12.0 Å². The zero-order valence-corrected chi connectivity index (χ0v) is 8.76. The van der Waals surface area contributed by atoms with Gasteiger partial charge in [0.2, 0.25) is 0 Å². The Morgan fingerprint density at radius 3 is 2.38 bits per heavy atom. The van der Waals surface area contributed by atoms with Gasteiger partial charge in [-0.2, -0.15) is 0 Å². The molecule has 1 aliphatic carbocycles. The zero-order valence-electron chi connectivity index (χ0n) is 8.76. The minimum atomic E-state index is 0.875. The molecule has 2 heteroatoms. The molecule has 1 N–H and O–H groups in total. The lowest BCUT2D eigenvalue weighted by molar-refractivity contribution is 0.204. The summed E-state index contributed by atoms with van der Waals surface area (Å²) in [6, 6.07) is 0.875. The Kier molecular flexibility index (Phi) is 3.23. The van der Waals surface area contributed by atoms with E-state index in [1.165, 1.54) is 51.7 Å². The van der Waals surface area contributed by atoms with Crippen LogP contribution in [0.3, 0.4) is 0 Å². The Hall–Kier alpha value is -0.0800. The lowest BCUT2D eigenvalue weighted by Crippen LogP contribution is -2.41. The Morgan fingerprint density at radius 2 is 1.85 bits per heavy atom. The van der Waals surface area contributed by atoms with Crippen LogP contribution < -0.4 is 5.32 Å². The summed E-state index contributed by atoms with van der Waals surface area (Å²) in [5.74, 6) is 0.955. The molecule has 0 bridgehead atoms. The first kappa shape index (κ1) is 9.47. The van der Waals surface area contributed by atoms with Crippen LogP contribution in [0.1, 0.15) is 32.1 Å². The molecule has 13 heavy (non-hydrogen) atoms. The Labute approximate surface area is 81.7 Å². The summed E-state index contributed by atoms with van der Waals surface area (Å²) < 4.78 is 0. The molecule has 76 valence electrons. The standard InChI is InChI=1S/C11H22N2/c1-13-7-5-10(6-8-13)9-12-11-3-2-4-11/h10-12H,2-9H2,1H3. The van der Waals surface area contributed by atoms with Crippen molar-refractivity contribution in [3.8, 4) is 0 Å². The minimum Gasteiger partial charge on any atom is -0.314 e. The van der Waals surface area contributed by atoms with Gasteiger partial charge in [0.05, 0.1) is 0 Å². The largest absolute Gasteiger partial charge is 0.314 e. The van der Waals surface area contributed by atoms with E-state index in [4.69, 9.17) is 0 Å². The van der Waals surface area contributed by atoms with Crippen LogP contribution in [-0.2, 0) is 0 Å². The monoisotopic (exact) mass is 182 g/mol. The zero-order chi connectivity index (χ0) is 9.10. The smallest absolute Gasteiger partial charge is 0.00671 e. The van der Waals surface area contributed by atoms with Gasteiger partial charge in [-0.3, -0.25) is 0 Å². The Balaban J connectivity index is 1.59. The van der Waals surface area contributed by atoms with Crippen molar-refractivity contribution >= 4 is 0 Å². The van der Waals surface area contributed by atoms with Gasteiger partial charge in [0.1, 0.15) is 0 Å². The number of likely N-dealkylation sites (tertiary alicyclic amines) is 1. The van der Waals surface area contributed by atoms with E-state index >= 15 is 0 Å². The number of hydrogen-bond acceptors (Lipinski definition) is 2. The van der Waals surface area contributed by atoms with Crippen molar-refractivity contribution in [2.45, 2.75) is 38.1 Å². The van der Waals surface area contributed by atoms with Crippen LogP contribution in [0.2, 0.25) is 0 Å². The molecule has 0 aromatic heterocycles. The topological polar surface area (TPSA) is 15.3 Å². The second-order valence-corrected chi connectivity index (χ2v) is 4.78. The molecular formula is C11H22N2. The van der Waals surface area contributed by atoms with Crippen LogP contribution in [0.4, 0.5) is 0 Å². The van der Waals surface area contributed by atoms with Gasteiger partial charge in [0.15, 0.2) is 0 Å². The van der Waals surface area contributed by atoms with Gasteiger partial charge in [0, 0.05) is 6.04 Å². The highest BCUT2D eigenvalue weighted by Crippen LogP contribution is 2.20. The summed E-state index contributed by atoms with van der Waals surface area (Å²) in [5.41, 5.74) is 0. The lowest BCUT2D eigenvalue weighted by atomic mass is 9.91. The fourth-order valence-corrected chi connectivity index (χ4v) is 2.21. The van der Waals surface area contributed by atoms with Gasteiger partial charge in [-0.1, -0.05) is 6.42 Å². The maximum Gasteiger partial charge on any atom is 0.00671 e. The van der Waals surface area contributed by atoms with Crippen LogP contribution in [-0.4, -0.2) is 37.6 Å².